The van der Waals surface area contributed by atoms with Crippen LogP contribution < -0.4 is 4.74 Å². The van der Waals surface area contributed by atoms with Gasteiger partial charge < -0.3 is 9.47 Å². The third kappa shape index (κ3) is 4.65. The van der Waals surface area contributed by atoms with Crippen LogP contribution in [0, 0.1) is 6.92 Å². The summed E-state index contributed by atoms with van der Waals surface area (Å²) in [5.74, 6) is -0.905. The van der Waals surface area contributed by atoms with E-state index >= 15 is 0 Å². The first-order chi connectivity index (χ1) is 8.17. The van der Waals surface area contributed by atoms with Crippen molar-refractivity contribution in [3.63, 3.8) is 0 Å². The summed E-state index contributed by atoms with van der Waals surface area (Å²) in [6.45, 7) is 3.75. The first kappa shape index (κ1) is 14.3. The third-order valence-corrected chi connectivity index (χ3v) is 1.77. The Morgan fingerprint density at radius 2 is 1.94 bits per heavy atom. The minimum atomic E-state index is -2.98. The molecule has 1 aromatic rings. The van der Waals surface area contributed by atoms with Crippen LogP contribution in [0.4, 0.5) is 8.78 Å². The molecule has 0 aliphatic rings. The number of nitrogens with zero attached hydrogens (tertiary/aromatic N) is 1. The number of ether oxygens (including phenoxy) is 2. The minimum Gasteiger partial charge on any atom is -0.456 e. The monoisotopic (exact) mass is 259 g/mol. The molecule has 0 N–H and O–H groups in total. The Bertz CT molecular complexity index is 441. The Balaban J connectivity index is 2.95. The molecule has 1 heterocycles. The average Bonchev–Trinajstić information content (AvgIpc) is 2.12. The van der Waals surface area contributed by atoms with E-state index in [2.05, 4.69) is 9.72 Å². The van der Waals surface area contributed by atoms with Crippen LogP contribution in [-0.2, 0) is 4.74 Å². The van der Waals surface area contributed by atoms with Crippen LogP contribution in [0.25, 0.3) is 0 Å². The van der Waals surface area contributed by atoms with Gasteiger partial charge in [0, 0.05) is 11.8 Å². The van der Waals surface area contributed by atoms with Gasteiger partial charge in [-0.3, -0.25) is 0 Å². The highest BCUT2D eigenvalue weighted by Crippen LogP contribution is 2.18. The van der Waals surface area contributed by atoms with E-state index < -0.39 is 18.2 Å². The largest absolute Gasteiger partial charge is 0.456 e. The van der Waals surface area contributed by atoms with Crippen LogP contribution in [0.3, 0.4) is 0 Å². The van der Waals surface area contributed by atoms with Crippen molar-refractivity contribution in [1.82, 2.24) is 4.98 Å². The van der Waals surface area contributed by atoms with E-state index in [1.54, 1.807) is 27.7 Å². The maximum absolute atomic E-state index is 12.1. The van der Waals surface area contributed by atoms with Gasteiger partial charge in [0.25, 0.3) is 0 Å². The van der Waals surface area contributed by atoms with Crippen LogP contribution in [0.5, 0.6) is 5.88 Å². The second-order valence-corrected chi connectivity index (χ2v) is 4.72. The molecule has 4 nitrogen and oxygen atoms in total. The molecule has 1 rings (SSSR count). The lowest BCUT2D eigenvalue weighted by Crippen LogP contribution is -2.24. The average molecular weight is 259 g/mol. The van der Waals surface area contributed by atoms with Crippen molar-refractivity contribution >= 4 is 5.97 Å². The van der Waals surface area contributed by atoms with Gasteiger partial charge >= 0.3 is 12.6 Å². The molecule has 0 unspecified atom stereocenters. The summed E-state index contributed by atoms with van der Waals surface area (Å²) in [5, 5.41) is 0. The van der Waals surface area contributed by atoms with Gasteiger partial charge in [-0.1, -0.05) is 0 Å². The smallest absolute Gasteiger partial charge is 0.388 e. The van der Waals surface area contributed by atoms with Gasteiger partial charge in [0.2, 0.25) is 5.88 Å². The van der Waals surface area contributed by atoms with Crippen LogP contribution >= 0.6 is 0 Å². The summed E-state index contributed by atoms with van der Waals surface area (Å²) in [6, 6.07) is 2.58. The molecule has 0 saturated carbocycles. The Morgan fingerprint density at radius 1 is 1.33 bits per heavy atom. The van der Waals surface area contributed by atoms with Crippen LogP contribution in [0.15, 0.2) is 12.1 Å². The van der Waals surface area contributed by atoms with Gasteiger partial charge in [-0.05, 0) is 33.8 Å². The number of alkyl halides is 2. The molecule has 0 aromatic carbocycles. The number of aryl methyl sites for hydroxylation is 1. The van der Waals surface area contributed by atoms with Gasteiger partial charge in [0.15, 0.2) is 0 Å². The number of halogens is 2. The molecule has 0 amide bonds. The molecule has 0 spiro atoms. The first-order valence-corrected chi connectivity index (χ1v) is 5.34. The van der Waals surface area contributed by atoms with E-state index in [0.29, 0.717) is 5.69 Å². The lowest BCUT2D eigenvalue weighted by atomic mass is 10.2. The van der Waals surface area contributed by atoms with E-state index in [-0.39, 0.29) is 11.4 Å². The maximum atomic E-state index is 12.1. The van der Waals surface area contributed by atoms with Gasteiger partial charge in [-0.25, -0.2) is 9.78 Å². The predicted octanol–water partition coefficient (Wildman–Crippen LogP) is 2.95. The Labute approximate surface area is 104 Å². The number of rotatable bonds is 3. The molecular formula is C12H15F2NO3. The number of carbonyl (C=O) groups is 1. The number of hydrogen-bond donors (Lipinski definition) is 0. The first-order valence-electron chi connectivity index (χ1n) is 5.34. The number of carbonyl (C=O) groups excluding carboxylic acids is 1. The Morgan fingerprint density at radius 3 is 2.44 bits per heavy atom. The molecule has 18 heavy (non-hydrogen) atoms. The van der Waals surface area contributed by atoms with Crippen molar-refractivity contribution in [3.05, 3.63) is 23.4 Å². The summed E-state index contributed by atoms with van der Waals surface area (Å²) >= 11 is 0. The molecule has 0 saturated heterocycles. The number of pyridine rings is 1. The molecule has 6 heteroatoms. The van der Waals surface area contributed by atoms with E-state index in [1.807, 2.05) is 0 Å². The van der Waals surface area contributed by atoms with Crippen LogP contribution in [0.1, 0.15) is 36.8 Å². The molecule has 100 valence electrons. The fourth-order valence-electron chi connectivity index (χ4n) is 1.24. The van der Waals surface area contributed by atoms with Gasteiger partial charge in [0.1, 0.15) is 5.60 Å². The summed E-state index contributed by atoms with van der Waals surface area (Å²) < 4.78 is 33.4. The molecule has 0 radical (unpaired) electrons. The summed E-state index contributed by atoms with van der Waals surface area (Å²) in [7, 11) is 0. The van der Waals surface area contributed by atoms with E-state index in [1.165, 1.54) is 6.07 Å². The number of hydrogen-bond acceptors (Lipinski definition) is 4. The highest BCUT2D eigenvalue weighted by atomic mass is 19.3. The second kappa shape index (κ2) is 5.29. The summed E-state index contributed by atoms with van der Waals surface area (Å²) in [4.78, 5) is 15.5. The summed E-state index contributed by atoms with van der Waals surface area (Å²) in [6.07, 6.45) is 0. The van der Waals surface area contributed by atoms with E-state index in [4.69, 9.17) is 4.74 Å². The van der Waals surface area contributed by atoms with Crippen LogP contribution in [0.2, 0.25) is 0 Å². The van der Waals surface area contributed by atoms with Crippen molar-refractivity contribution < 1.29 is 23.0 Å². The number of esters is 1. The van der Waals surface area contributed by atoms with Crippen molar-refractivity contribution in [2.75, 3.05) is 0 Å². The predicted molar refractivity (Wildman–Crippen MR) is 60.8 cm³/mol. The zero-order chi connectivity index (χ0) is 13.9. The zero-order valence-corrected chi connectivity index (χ0v) is 10.7. The molecular weight excluding hydrogens is 244 g/mol. The topological polar surface area (TPSA) is 48.4 Å². The lowest BCUT2D eigenvalue weighted by molar-refractivity contribution is -0.0531. The fraction of sp³-hybridized carbons (Fsp3) is 0.500. The zero-order valence-electron chi connectivity index (χ0n) is 10.7. The lowest BCUT2D eigenvalue weighted by Gasteiger charge is -2.19. The van der Waals surface area contributed by atoms with Crippen molar-refractivity contribution in [1.29, 1.82) is 0 Å². The molecule has 0 fully saturated rings. The Hall–Kier alpha value is -1.72. The highest BCUT2D eigenvalue weighted by Gasteiger charge is 2.19. The molecule has 1 aromatic heterocycles. The standard InChI is InChI=1S/C12H15F2NO3/c1-7-5-8(10(16)18-12(2,3)4)6-9(15-7)17-11(13)14/h5-6,11H,1-4H3. The van der Waals surface area contributed by atoms with E-state index in [9.17, 15) is 13.6 Å². The van der Waals surface area contributed by atoms with Crippen molar-refractivity contribution in [3.8, 4) is 5.88 Å². The molecule has 0 atom stereocenters. The second-order valence-electron chi connectivity index (χ2n) is 4.72. The molecule has 0 bridgehead atoms. The minimum absolute atomic E-state index is 0.132. The molecule has 0 aliphatic carbocycles. The van der Waals surface area contributed by atoms with Gasteiger partial charge in [-0.2, -0.15) is 8.78 Å². The van der Waals surface area contributed by atoms with Gasteiger partial charge in [0.05, 0.1) is 5.56 Å². The normalized spacial score (nSPS) is 11.5. The quantitative estimate of drug-likeness (QED) is 0.783. The fourth-order valence-corrected chi connectivity index (χ4v) is 1.24. The third-order valence-electron chi connectivity index (χ3n) is 1.77. The summed E-state index contributed by atoms with van der Waals surface area (Å²) in [5.41, 5.74) is -0.125. The van der Waals surface area contributed by atoms with Crippen molar-refractivity contribution in [2.45, 2.75) is 39.9 Å². The van der Waals surface area contributed by atoms with Gasteiger partial charge in [-0.15, -0.1) is 0 Å². The Kier molecular flexibility index (Phi) is 4.21. The van der Waals surface area contributed by atoms with Crippen LogP contribution in [-0.4, -0.2) is 23.2 Å². The molecule has 0 aliphatic heterocycles. The number of aromatic nitrogens is 1. The maximum Gasteiger partial charge on any atom is 0.388 e. The van der Waals surface area contributed by atoms with Crippen molar-refractivity contribution in [2.24, 2.45) is 0 Å². The SMILES string of the molecule is Cc1cc(C(=O)OC(C)(C)C)cc(OC(F)F)n1. The highest BCUT2D eigenvalue weighted by molar-refractivity contribution is 5.90. The van der Waals surface area contributed by atoms with E-state index in [0.717, 1.165) is 6.07 Å².